The van der Waals surface area contributed by atoms with E-state index in [9.17, 15) is 4.79 Å². The first-order valence-electron chi connectivity index (χ1n) is 16.4. The highest BCUT2D eigenvalue weighted by Gasteiger charge is 2.72. The van der Waals surface area contributed by atoms with Crippen LogP contribution in [0.5, 0.6) is 0 Å². The first kappa shape index (κ1) is 28.2. The van der Waals surface area contributed by atoms with Gasteiger partial charge in [0.2, 0.25) is 0 Å². The third-order valence-electron chi connectivity index (χ3n) is 14.4. The molecule has 0 bridgehead atoms. The van der Waals surface area contributed by atoms with Crippen LogP contribution in [0.2, 0.25) is 0 Å². The summed E-state index contributed by atoms with van der Waals surface area (Å²) in [6.45, 7) is 17.5. The van der Waals surface area contributed by atoms with E-state index in [4.69, 9.17) is 4.52 Å². The molecule has 4 fully saturated rings. The quantitative estimate of drug-likeness (QED) is 0.343. The maximum Gasteiger partial charge on any atom is 0.145 e. The van der Waals surface area contributed by atoms with E-state index in [2.05, 4.69) is 84.0 Å². The van der Waals surface area contributed by atoms with Gasteiger partial charge in [0, 0.05) is 34.0 Å². The summed E-state index contributed by atoms with van der Waals surface area (Å²) in [5.41, 5.74) is 2.12. The van der Waals surface area contributed by atoms with E-state index in [1.54, 1.807) is 0 Å². The molecular weight excluding hydrogens is 522 g/mol. The van der Waals surface area contributed by atoms with Crippen molar-refractivity contribution in [1.29, 1.82) is 0 Å². The number of carbonyl (C=O) groups is 1. The van der Waals surface area contributed by atoms with Crippen LogP contribution in [0.15, 0.2) is 45.9 Å². The zero-order valence-electron chi connectivity index (χ0n) is 26.5. The van der Waals surface area contributed by atoms with E-state index in [0.29, 0.717) is 29.0 Å². The van der Waals surface area contributed by atoms with Gasteiger partial charge in [0.05, 0.1) is 6.20 Å². The smallest absolute Gasteiger partial charge is 0.145 e. The number of nitrogens with zero attached hydrogens (tertiary/aromatic N) is 1. The molecule has 41 heavy (non-hydrogen) atoms. The molecule has 0 N–H and O–H groups in total. The topological polar surface area (TPSA) is 43.1 Å². The Morgan fingerprint density at radius 1 is 0.902 bits per heavy atom. The number of hydrogen-bond acceptors (Lipinski definition) is 4. The molecule has 1 aromatic carbocycles. The lowest BCUT2D eigenvalue weighted by atomic mass is 9.31. The Kier molecular flexibility index (Phi) is 6.19. The van der Waals surface area contributed by atoms with E-state index in [1.165, 1.54) is 55.4 Å². The van der Waals surface area contributed by atoms with Gasteiger partial charge in [-0.2, -0.15) is 0 Å². The van der Waals surface area contributed by atoms with Gasteiger partial charge >= 0.3 is 0 Å². The van der Waals surface area contributed by atoms with Crippen molar-refractivity contribution in [3.05, 3.63) is 47.9 Å². The maximum absolute atomic E-state index is 14.8. The maximum atomic E-state index is 14.8. The normalized spacial score (nSPS) is 44.1. The van der Waals surface area contributed by atoms with E-state index >= 15 is 0 Å². The molecule has 4 heteroatoms. The zero-order chi connectivity index (χ0) is 29.1. The molecule has 0 aliphatic heterocycles. The Morgan fingerprint density at radius 3 is 2.39 bits per heavy atom. The number of rotatable bonds is 3. The SMILES string of the molecule is CC1(C)CC[C@]2(CSc3ccccc3)CC[C@]3(C)C(C(=O)C[C@@H]4C5(C)Cc6cnoc6C(C)(C)[C@@H]5CCC43C)C2C1. The van der Waals surface area contributed by atoms with Crippen LogP contribution in [-0.2, 0) is 16.6 Å². The second-order valence-electron chi connectivity index (χ2n) is 17.2. The van der Waals surface area contributed by atoms with Crippen molar-refractivity contribution in [3.63, 3.8) is 0 Å². The second-order valence-corrected chi connectivity index (χ2v) is 18.2. The second kappa shape index (κ2) is 8.99. The van der Waals surface area contributed by atoms with Gasteiger partial charge in [0.25, 0.3) is 0 Å². The summed E-state index contributed by atoms with van der Waals surface area (Å²) in [5.74, 6) is 4.45. The molecule has 5 aliphatic carbocycles. The summed E-state index contributed by atoms with van der Waals surface area (Å²) >= 11 is 2.05. The van der Waals surface area contributed by atoms with Crippen molar-refractivity contribution < 1.29 is 9.32 Å². The Labute approximate surface area is 252 Å². The lowest BCUT2D eigenvalue weighted by molar-refractivity contribution is -0.226. The molecule has 1 heterocycles. The number of ketones is 1. The van der Waals surface area contributed by atoms with Crippen molar-refractivity contribution in [2.45, 2.75) is 117 Å². The molecule has 7 rings (SSSR count). The number of thioether (sulfide) groups is 1. The first-order chi connectivity index (χ1) is 19.3. The number of carbonyl (C=O) groups excluding carboxylic acids is 1. The molecule has 5 aliphatic rings. The van der Waals surface area contributed by atoms with Gasteiger partial charge in [0.1, 0.15) is 11.5 Å². The minimum Gasteiger partial charge on any atom is -0.361 e. The fraction of sp³-hybridized carbons (Fsp3) is 0.730. The van der Waals surface area contributed by atoms with Crippen molar-refractivity contribution in [3.8, 4) is 0 Å². The van der Waals surface area contributed by atoms with Crippen LogP contribution in [0, 0.1) is 50.7 Å². The molecule has 8 atom stereocenters. The molecule has 4 unspecified atom stereocenters. The number of aromatic nitrogens is 1. The molecule has 222 valence electrons. The third kappa shape index (κ3) is 3.83. The van der Waals surface area contributed by atoms with Crippen LogP contribution < -0.4 is 0 Å². The largest absolute Gasteiger partial charge is 0.361 e. The van der Waals surface area contributed by atoms with Gasteiger partial charge in [-0.1, -0.05) is 71.8 Å². The van der Waals surface area contributed by atoms with Crippen LogP contribution in [-0.4, -0.2) is 16.7 Å². The van der Waals surface area contributed by atoms with Crippen LogP contribution >= 0.6 is 11.8 Å². The third-order valence-corrected chi connectivity index (χ3v) is 15.7. The monoisotopic (exact) mass is 573 g/mol. The first-order valence-corrected chi connectivity index (χ1v) is 17.4. The van der Waals surface area contributed by atoms with Crippen molar-refractivity contribution in [2.75, 3.05) is 5.75 Å². The van der Waals surface area contributed by atoms with Gasteiger partial charge in [-0.05, 0) is 108 Å². The van der Waals surface area contributed by atoms with Crippen molar-refractivity contribution >= 4 is 17.5 Å². The molecule has 0 spiro atoms. The highest BCUT2D eigenvalue weighted by molar-refractivity contribution is 7.99. The highest BCUT2D eigenvalue weighted by atomic mass is 32.2. The molecule has 0 saturated heterocycles. The van der Waals surface area contributed by atoms with E-state index < -0.39 is 0 Å². The molecule has 0 radical (unpaired) electrons. The fourth-order valence-corrected chi connectivity index (χ4v) is 13.4. The van der Waals surface area contributed by atoms with Gasteiger partial charge in [-0.3, -0.25) is 4.79 Å². The van der Waals surface area contributed by atoms with E-state index in [-0.39, 0.29) is 33.0 Å². The van der Waals surface area contributed by atoms with Gasteiger partial charge in [0.15, 0.2) is 0 Å². The molecule has 2 aromatic rings. The summed E-state index contributed by atoms with van der Waals surface area (Å²) in [7, 11) is 0. The van der Waals surface area contributed by atoms with Crippen LogP contribution in [0.25, 0.3) is 0 Å². The molecule has 1 aromatic heterocycles. The Bertz CT molecular complexity index is 1350. The number of fused-ring (bicyclic) bond motifs is 8. The Balaban J connectivity index is 1.27. The average molecular weight is 574 g/mol. The minimum absolute atomic E-state index is 0.0509. The van der Waals surface area contributed by atoms with Gasteiger partial charge < -0.3 is 4.52 Å². The summed E-state index contributed by atoms with van der Waals surface area (Å²) in [4.78, 5) is 16.2. The zero-order valence-corrected chi connectivity index (χ0v) is 27.3. The lowest BCUT2D eigenvalue weighted by Gasteiger charge is -2.72. The van der Waals surface area contributed by atoms with E-state index in [0.717, 1.165) is 24.4 Å². The molecule has 0 amide bonds. The van der Waals surface area contributed by atoms with Crippen molar-refractivity contribution in [1.82, 2.24) is 5.16 Å². The minimum atomic E-state index is -0.0509. The lowest BCUT2D eigenvalue weighted by Crippen LogP contribution is -2.69. The van der Waals surface area contributed by atoms with Crippen LogP contribution in [0.1, 0.15) is 111 Å². The Morgan fingerprint density at radius 2 is 1.63 bits per heavy atom. The predicted molar refractivity (Wildman–Crippen MR) is 167 cm³/mol. The molecule has 3 nitrogen and oxygen atoms in total. The van der Waals surface area contributed by atoms with Gasteiger partial charge in [-0.15, -0.1) is 11.8 Å². The van der Waals surface area contributed by atoms with Gasteiger partial charge in [-0.25, -0.2) is 0 Å². The highest BCUT2D eigenvalue weighted by Crippen LogP contribution is 2.76. The average Bonchev–Trinajstić information content (AvgIpc) is 3.39. The summed E-state index contributed by atoms with van der Waals surface area (Å²) < 4.78 is 5.88. The molecular formula is C37H51NO2S. The van der Waals surface area contributed by atoms with Crippen molar-refractivity contribution in [2.24, 2.45) is 50.7 Å². The fourth-order valence-electron chi connectivity index (χ4n) is 12.1. The number of Topliss-reactive ketones (excluding diaryl/α,β-unsaturated/α-hetero) is 1. The van der Waals surface area contributed by atoms with Crippen LogP contribution in [0.3, 0.4) is 0 Å². The summed E-state index contributed by atoms with van der Waals surface area (Å²) in [6.07, 6.45) is 12.4. The standard InChI is InChI=1S/C37H51NO2S/c1-32(2)15-17-37(23-41-25-11-9-8-10-12-25)18-16-36(7)30(26(37)21-32)27(39)19-29-34(5)20-24-22-38-40-31(24)33(3,4)28(34)13-14-35(29,36)6/h8-12,22,26,28-30H,13-21,23H2,1-7H3/t26?,28-,29+,30?,34?,35?,36+,37+/m0/s1. The number of hydrogen-bond donors (Lipinski definition) is 0. The number of benzene rings is 1. The van der Waals surface area contributed by atoms with E-state index in [1.807, 2.05) is 18.0 Å². The predicted octanol–water partition coefficient (Wildman–Crippen LogP) is 9.54. The molecule has 4 saturated carbocycles. The summed E-state index contributed by atoms with van der Waals surface area (Å²) in [6, 6.07) is 11.0. The van der Waals surface area contributed by atoms with Crippen LogP contribution in [0.4, 0.5) is 0 Å². The Hall–Kier alpha value is -1.55. The summed E-state index contributed by atoms with van der Waals surface area (Å²) in [5, 5.41) is 4.27.